The predicted octanol–water partition coefficient (Wildman–Crippen LogP) is 1.30. The maximum absolute atomic E-state index is 5.35. The Hall–Kier alpha value is -1.13. The molecule has 0 amide bonds. The molecule has 1 aromatic heterocycles. The number of anilines is 1. The zero-order valence-electron chi connectivity index (χ0n) is 11.2. The molecule has 4 heteroatoms. The number of hydrogen-bond acceptors (Lipinski definition) is 4. The highest BCUT2D eigenvalue weighted by Crippen LogP contribution is 2.26. The molecule has 4 nitrogen and oxygen atoms in total. The van der Waals surface area contributed by atoms with Gasteiger partial charge in [-0.2, -0.15) is 0 Å². The first-order valence-corrected chi connectivity index (χ1v) is 6.68. The summed E-state index contributed by atoms with van der Waals surface area (Å²) in [6, 6.07) is 4.26. The Morgan fingerprint density at radius 1 is 1.17 bits per heavy atom. The minimum atomic E-state index is 0.285. The smallest absolute Gasteiger partial charge is 0.128 e. The van der Waals surface area contributed by atoms with Crippen molar-refractivity contribution in [2.24, 2.45) is 0 Å². The summed E-state index contributed by atoms with van der Waals surface area (Å²) in [7, 11) is 0. The molecule has 0 aliphatic carbocycles. The first-order chi connectivity index (χ1) is 8.67. The van der Waals surface area contributed by atoms with Crippen LogP contribution in [0.4, 0.5) is 5.82 Å². The molecular formula is C14H21N3O. The molecule has 0 unspecified atom stereocenters. The highest BCUT2D eigenvalue weighted by Gasteiger charge is 2.40. The fraction of sp³-hybridized carbons (Fsp3) is 0.643. The van der Waals surface area contributed by atoms with Gasteiger partial charge in [0.05, 0.1) is 18.8 Å². The number of aromatic nitrogens is 1. The Morgan fingerprint density at radius 2 is 1.89 bits per heavy atom. The molecule has 0 saturated carbocycles. The van der Waals surface area contributed by atoms with Gasteiger partial charge in [0.25, 0.3) is 0 Å². The Morgan fingerprint density at radius 3 is 2.39 bits per heavy atom. The molecular weight excluding hydrogens is 226 g/mol. The lowest BCUT2D eigenvalue weighted by Gasteiger charge is -2.50. The van der Waals surface area contributed by atoms with E-state index in [1.807, 2.05) is 6.20 Å². The molecule has 0 radical (unpaired) electrons. The summed E-state index contributed by atoms with van der Waals surface area (Å²) in [6.07, 6.45) is 1.95. The molecule has 2 fully saturated rings. The minimum absolute atomic E-state index is 0.285. The SMILES string of the molecule is Cc1ccc(N2CCN(C3(C)COC3)CC2)nc1. The van der Waals surface area contributed by atoms with Gasteiger partial charge in [-0.3, -0.25) is 4.90 Å². The third-order valence-corrected chi connectivity index (χ3v) is 4.09. The Bertz CT molecular complexity index is 406. The van der Waals surface area contributed by atoms with Gasteiger partial charge in [-0.05, 0) is 25.5 Å². The molecule has 0 spiro atoms. The van der Waals surface area contributed by atoms with Gasteiger partial charge < -0.3 is 9.64 Å². The number of rotatable bonds is 2. The molecule has 1 aromatic rings. The van der Waals surface area contributed by atoms with E-state index in [1.54, 1.807) is 0 Å². The van der Waals surface area contributed by atoms with Crippen LogP contribution in [0.5, 0.6) is 0 Å². The van der Waals surface area contributed by atoms with Crippen LogP contribution in [0.1, 0.15) is 12.5 Å². The van der Waals surface area contributed by atoms with Crippen molar-refractivity contribution in [1.82, 2.24) is 9.88 Å². The highest BCUT2D eigenvalue weighted by molar-refractivity contribution is 5.39. The van der Waals surface area contributed by atoms with E-state index in [1.165, 1.54) is 5.56 Å². The average molecular weight is 247 g/mol. The van der Waals surface area contributed by atoms with Gasteiger partial charge in [-0.25, -0.2) is 4.98 Å². The molecule has 2 aliphatic rings. The summed E-state index contributed by atoms with van der Waals surface area (Å²) in [5, 5.41) is 0. The van der Waals surface area contributed by atoms with Crippen molar-refractivity contribution in [1.29, 1.82) is 0 Å². The molecule has 2 aliphatic heterocycles. The zero-order valence-corrected chi connectivity index (χ0v) is 11.2. The van der Waals surface area contributed by atoms with E-state index in [2.05, 4.69) is 40.8 Å². The highest BCUT2D eigenvalue weighted by atomic mass is 16.5. The second kappa shape index (κ2) is 4.52. The largest absolute Gasteiger partial charge is 0.377 e. The predicted molar refractivity (Wildman–Crippen MR) is 72.0 cm³/mol. The number of ether oxygens (including phenoxy) is 1. The summed E-state index contributed by atoms with van der Waals surface area (Å²) in [5.74, 6) is 1.11. The van der Waals surface area contributed by atoms with Gasteiger partial charge in [-0.1, -0.05) is 6.07 Å². The zero-order chi connectivity index (χ0) is 12.6. The number of pyridine rings is 1. The number of piperazine rings is 1. The third kappa shape index (κ3) is 2.10. The number of hydrogen-bond donors (Lipinski definition) is 0. The van der Waals surface area contributed by atoms with Crippen molar-refractivity contribution >= 4 is 5.82 Å². The molecule has 0 aromatic carbocycles. The van der Waals surface area contributed by atoms with Crippen molar-refractivity contribution in [3.63, 3.8) is 0 Å². The van der Waals surface area contributed by atoms with Crippen molar-refractivity contribution in [3.05, 3.63) is 23.9 Å². The van der Waals surface area contributed by atoms with Gasteiger partial charge in [-0.15, -0.1) is 0 Å². The van der Waals surface area contributed by atoms with E-state index < -0.39 is 0 Å². The van der Waals surface area contributed by atoms with Crippen LogP contribution in [0.15, 0.2) is 18.3 Å². The van der Waals surface area contributed by atoms with Gasteiger partial charge in [0, 0.05) is 32.4 Å². The van der Waals surface area contributed by atoms with Crippen LogP contribution >= 0.6 is 0 Å². The molecule has 2 saturated heterocycles. The molecule has 18 heavy (non-hydrogen) atoms. The monoisotopic (exact) mass is 247 g/mol. The maximum Gasteiger partial charge on any atom is 0.128 e. The Balaban J connectivity index is 1.61. The fourth-order valence-corrected chi connectivity index (χ4v) is 2.70. The second-order valence-corrected chi connectivity index (χ2v) is 5.66. The summed E-state index contributed by atoms with van der Waals surface area (Å²) in [5.41, 5.74) is 1.50. The van der Waals surface area contributed by atoms with Crippen molar-refractivity contribution in [2.45, 2.75) is 19.4 Å². The molecule has 0 atom stereocenters. The Kier molecular flexibility index (Phi) is 2.99. The molecule has 0 bridgehead atoms. The van der Waals surface area contributed by atoms with Gasteiger partial charge in [0.1, 0.15) is 5.82 Å². The van der Waals surface area contributed by atoms with E-state index >= 15 is 0 Å². The van der Waals surface area contributed by atoms with Gasteiger partial charge in [0.15, 0.2) is 0 Å². The standard InChI is InChI=1S/C14H21N3O/c1-12-3-4-13(15-9-12)16-5-7-17(8-6-16)14(2)10-18-11-14/h3-4,9H,5-8,10-11H2,1-2H3. The van der Waals surface area contributed by atoms with Crippen LogP contribution in [-0.2, 0) is 4.74 Å². The summed E-state index contributed by atoms with van der Waals surface area (Å²) in [6.45, 7) is 10.5. The lowest BCUT2D eigenvalue weighted by Crippen LogP contribution is -2.64. The molecule has 0 N–H and O–H groups in total. The second-order valence-electron chi connectivity index (χ2n) is 5.66. The number of aryl methyl sites for hydroxylation is 1. The van der Waals surface area contributed by atoms with Crippen molar-refractivity contribution in [2.75, 3.05) is 44.3 Å². The first-order valence-electron chi connectivity index (χ1n) is 6.68. The quantitative estimate of drug-likeness (QED) is 0.787. The van der Waals surface area contributed by atoms with Crippen LogP contribution < -0.4 is 4.90 Å². The van der Waals surface area contributed by atoms with Gasteiger partial charge >= 0.3 is 0 Å². The summed E-state index contributed by atoms with van der Waals surface area (Å²) >= 11 is 0. The maximum atomic E-state index is 5.35. The van der Waals surface area contributed by atoms with E-state index in [-0.39, 0.29) is 5.54 Å². The van der Waals surface area contributed by atoms with E-state index in [4.69, 9.17) is 4.74 Å². The van der Waals surface area contributed by atoms with E-state index in [9.17, 15) is 0 Å². The first kappa shape index (κ1) is 11.9. The lowest BCUT2D eigenvalue weighted by molar-refractivity contribution is -0.131. The van der Waals surface area contributed by atoms with Crippen LogP contribution in [0.2, 0.25) is 0 Å². The lowest BCUT2D eigenvalue weighted by atomic mass is 9.97. The number of nitrogens with zero attached hydrogens (tertiary/aromatic N) is 3. The van der Waals surface area contributed by atoms with Crippen LogP contribution in [0.3, 0.4) is 0 Å². The molecule has 98 valence electrons. The molecule has 3 heterocycles. The minimum Gasteiger partial charge on any atom is -0.377 e. The summed E-state index contributed by atoms with van der Waals surface area (Å²) < 4.78 is 5.35. The van der Waals surface area contributed by atoms with Crippen LogP contribution in [0, 0.1) is 6.92 Å². The average Bonchev–Trinajstić information content (AvgIpc) is 2.37. The van der Waals surface area contributed by atoms with Gasteiger partial charge in [0.2, 0.25) is 0 Å². The third-order valence-electron chi connectivity index (χ3n) is 4.09. The van der Waals surface area contributed by atoms with E-state index in [0.29, 0.717) is 0 Å². The Labute approximate surface area is 109 Å². The van der Waals surface area contributed by atoms with Crippen LogP contribution in [0.25, 0.3) is 0 Å². The van der Waals surface area contributed by atoms with Crippen LogP contribution in [-0.4, -0.2) is 54.8 Å². The van der Waals surface area contributed by atoms with Crippen molar-refractivity contribution < 1.29 is 4.74 Å². The molecule has 3 rings (SSSR count). The van der Waals surface area contributed by atoms with E-state index in [0.717, 1.165) is 45.2 Å². The van der Waals surface area contributed by atoms with Crippen molar-refractivity contribution in [3.8, 4) is 0 Å². The topological polar surface area (TPSA) is 28.6 Å². The normalized spacial score (nSPS) is 23.8. The fourth-order valence-electron chi connectivity index (χ4n) is 2.70. The summed E-state index contributed by atoms with van der Waals surface area (Å²) in [4.78, 5) is 9.44.